The van der Waals surface area contributed by atoms with Gasteiger partial charge in [-0.3, -0.25) is 29.9 Å². The van der Waals surface area contributed by atoms with Crippen LogP contribution in [-0.4, -0.2) is 65.2 Å². The molecule has 158 valence electrons. The minimum absolute atomic E-state index is 0.0239. The molecule has 0 spiro atoms. The van der Waals surface area contributed by atoms with Gasteiger partial charge in [0.2, 0.25) is 17.7 Å². The number of nitrogens with two attached hydrogens (primary N) is 1. The third-order valence-electron chi connectivity index (χ3n) is 4.60. The van der Waals surface area contributed by atoms with E-state index in [0.29, 0.717) is 26.2 Å². The summed E-state index contributed by atoms with van der Waals surface area (Å²) in [4.78, 5) is 49.3. The van der Waals surface area contributed by atoms with Gasteiger partial charge >= 0.3 is 5.69 Å². The van der Waals surface area contributed by atoms with E-state index in [4.69, 9.17) is 10.6 Å². The van der Waals surface area contributed by atoms with Gasteiger partial charge in [0.05, 0.1) is 18.0 Å². The van der Waals surface area contributed by atoms with Crippen LogP contribution in [0, 0.1) is 17.0 Å². The maximum atomic E-state index is 12.3. The van der Waals surface area contributed by atoms with E-state index < -0.39 is 10.8 Å². The molecule has 1 aliphatic rings. The normalized spacial score (nSPS) is 13.7. The predicted octanol–water partition coefficient (Wildman–Crippen LogP) is 0.113. The number of nitro benzene ring substituents is 1. The van der Waals surface area contributed by atoms with E-state index in [-0.39, 0.29) is 49.1 Å². The molecule has 0 bridgehead atoms. The molecule has 11 heteroatoms. The standard InChI is InChI=1S/C18H25N5O6/c1-13-2-3-15(14(12-13)23(27)28)29-11-6-18(26)22-9-7-21(8-10-22)17(25)5-4-16(24)20-19/h2-3,12H,4-11,19H2,1H3,(H,20,24). The minimum Gasteiger partial charge on any atom is -0.486 e. The summed E-state index contributed by atoms with van der Waals surface area (Å²) in [6.07, 6.45) is 0.173. The lowest BCUT2D eigenvalue weighted by molar-refractivity contribution is -0.385. The number of carbonyl (C=O) groups excluding carboxylic acids is 3. The number of aryl methyl sites for hydroxylation is 1. The van der Waals surface area contributed by atoms with E-state index in [1.807, 2.05) is 5.43 Å². The maximum Gasteiger partial charge on any atom is 0.311 e. The molecule has 29 heavy (non-hydrogen) atoms. The second-order valence-electron chi connectivity index (χ2n) is 6.66. The van der Waals surface area contributed by atoms with Crippen LogP contribution in [0.4, 0.5) is 5.69 Å². The molecule has 0 aliphatic carbocycles. The summed E-state index contributed by atoms with van der Waals surface area (Å²) in [5.41, 5.74) is 2.59. The molecule has 0 saturated carbocycles. The zero-order valence-electron chi connectivity index (χ0n) is 16.3. The molecule has 0 radical (unpaired) electrons. The lowest BCUT2D eigenvalue weighted by atomic mass is 10.2. The largest absolute Gasteiger partial charge is 0.486 e. The Morgan fingerprint density at radius 3 is 2.24 bits per heavy atom. The second kappa shape index (κ2) is 10.4. The average molecular weight is 407 g/mol. The van der Waals surface area contributed by atoms with Gasteiger partial charge < -0.3 is 14.5 Å². The van der Waals surface area contributed by atoms with Crippen LogP contribution in [0.15, 0.2) is 18.2 Å². The fourth-order valence-electron chi connectivity index (χ4n) is 2.95. The molecule has 1 aliphatic heterocycles. The van der Waals surface area contributed by atoms with Crippen molar-refractivity contribution >= 4 is 23.4 Å². The number of nitrogens with one attached hydrogen (secondary N) is 1. The molecule has 3 N–H and O–H groups in total. The first kappa shape index (κ1) is 22.1. The van der Waals surface area contributed by atoms with E-state index in [9.17, 15) is 24.5 Å². The second-order valence-corrected chi connectivity index (χ2v) is 6.66. The molecule has 1 saturated heterocycles. The number of nitro groups is 1. The van der Waals surface area contributed by atoms with Gasteiger partial charge in [-0.2, -0.15) is 0 Å². The Morgan fingerprint density at radius 1 is 1.10 bits per heavy atom. The molecule has 0 aromatic heterocycles. The summed E-state index contributed by atoms with van der Waals surface area (Å²) < 4.78 is 5.44. The molecule has 1 heterocycles. The fourth-order valence-corrected chi connectivity index (χ4v) is 2.95. The van der Waals surface area contributed by atoms with Crippen LogP contribution in [0.25, 0.3) is 0 Å². The summed E-state index contributed by atoms with van der Waals surface area (Å²) in [6.45, 7) is 3.32. The highest BCUT2D eigenvalue weighted by Crippen LogP contribution is 2.27. The van der Waals surface area contributed by atoms with Gasteiger partial charge in [-0.15, -0.1) is 0 Å². The quantitative estimate of drug-likeness (QED) is 0.269. The monoisotopic (exact) mass is 407 g/mol. The van der Waals surface area contributed by atoms with Gasteiger partial charge in [0.15, 0.2) is 5.75 Å². The maximum absolute atomic E-state index is 12.3. The third-order valence-corrected chi connectivity index (χ3v) is 4.60. The molecular weight excluding hydrogens is 382 g/mol. The number of hydrazine groups is 1. The first-order valence-corrected chi connectivity index (χ1v) is 9.24. The lowest BCUT2D eigenvalue weighted by Crippen LogP contribution is -2.50. The van der Waals surface area contributed by atoms with Crippen LogP contribution < -0.4 is 16.0 Å². The summed E-state index contributed by atoms with van der Waals surface area (Å²) in [6, 6.07) is 4.65. The number of piperazine rings is 1. The van der Waals surface area contributed by atoms with Crippen LogP contribution >= 0.6 is 0 Å². The molecule has 2 rings (SSSR count). The Morgan fingerprint density at radius 2 is 1.69 bits per heavy atom. The number of amides is 3. The number of benzene rings is 1. The van der Waals surface area contributed by atoms with E-state index in [1.165, 1.54) is 12.1 Å². The van der Waals surface area contributed by atoms with Crippen molar-refractivity contribution < 1.29 is 24.0 Å². The first-order valence-electron chi connectivity index (χ1n) is 9.24. The summed E-state index contributed by atoms with van der Waals surface area (Å²) in [5.74, 6) is 4.41. The van der Waals surface area contributed by atoms with Gasteiger partial charge in [-0.25, -0.2) is 5.84 Å². The van der Waals surface area contributed by atoms with Crippen molar-refractivity contribution in [2.75, 3.05) is 32.8 Å². The fraction of sp³-hybridized carbons (Fsp3) is 0.500. The Labute approximate surface area is 167 Å². The van der Waals surface area contributed by atoms with Crippen molar-refractivity contribution in [3.63, 3.8) is 0 Å². The average Bonchev–Trinajstić information content (AvgIpc) is 2.72. The van der Waals surface area contributed by atoms with Crippen LogP contribution in [0.1, 0.15) is 24.8 Å². The van der Waals surface area contributed by atoms with Crippen LogP contribution in [0.3, 0.4) is 0 Å². The Kier molecular flexibility index (Phi) is 7.89. The van der Waals surface area contributed by atoms with Gasteiger partial charge in [0, 0.05) is 45.1 Å². The number of hydrogen-bond acceptors (Lipinski definition) is 7. The third kappa shape index (κ3) is 6.42. The summed E-state index contributed by atoms with van der Waals surface area (Å²) >= 11 is 0. The van der Waals surface area contributed by atoms with Crippen molar-refractivity contribution in [1.29, 1.82) is 0 Å². The van der Waals surface area contributed by atoms with E-state index in [1.54, 1.807) is 22.8 Å². The Balaban J connectivity index is 1.76. The molecule has 1 fully saturated rings. The van der Waals surface area contributed by atoms with Gasteiger partial charge in [0.25, 0.3) is 0 Å². The van der Waals surface area contributed by atoms with Crippen LogP contribution in [0.2, 0.25) is 0 Å². The summed E-state index contributed by atoms with van der Waals surface area (Å²) in [7, 11) is 0. The molecule has 0 unspecified atom stereocenters. The SMILES string of the molecule is Cc1ccc(OCCC(=O)N2CCN(C(=O)CCC(=O)NN)CC2)c([N+](=O)[O-])c1. The van der Waals surface area contributed by atoms with Crippen molar-refractivity contribution in [3.05, 3.63) is 33.9 Å². The molecule has 3 amide bonds. The molecule has 11 nitrogen and oxygen atoms in total. The Hall–Kier alpha value is -3.21. The van der Waals surface area contributed by atoms with Crippen molar-refractivity contribution in [2.45, 2.75) is 26.2 Å². The van der Waals surface area contributed by atoms with Crippen molar-refractivity contribution in [3.8, 4) is 5.75 Å². The number of ether oxygens (including phenoxy) is 1. The topological polar surface area (TPSA) is 148 Å². The highest BCUT2D eigenvalue weighted by molar-refractivity contribution is 5.83. The molecular formula is C18H25N5O6. The predicted molar refractivity (Wildman–Crippen MR) is 103 cm³/mol. The van der Waals surface area contributed by atoms with Gasteiger partial charge in [-0.1, -0.05) is 6.07 Å². The van der Waals surface area contributed by atoms with Crippen molar-refractivity contribution in [1.82, 2.24) is 15.2 Å². The first-order chi connectivity index (χ1) is 13.8. The highest BCUT2D eigenvalue weighted by atomic mass is 16.6. The highest BCUT2D eigenvalue weighted by Gasteiger charge is 2.24. The number of carbonyl (C=O) groups is 3. The van der Waals surface area contributed by atoms with E-state index in [2.05, 4.69) is 0 Å². The minimum atomic E-state index is -0.516. The summed E-state index contributed by atoms with van der Waals surface area (Å²) in [5, 5.41) is 11.1. The van der Waals surface area contributed by atoms with Crippen molar-refractivity contribution in [2.24, 2.45) is 5.84 Å². The number of hydrogen-bond donors (Lipinski definition) is 2. The van der Waals surface area contributed by atoms with Gasteiger partial charge in [-0.05, 0) is 18.6 Å². The van der Waals surface area contributed by atoms with E-state index in [0.717, 1.165) is 5.56 Å². The zero-order valence-corrected chi connectivity index (χ0v) is 16.3. The number of nitrogens with zero attached hydrogens (tertiary/aromatic N) is 3. The molecule has 0 atom stereocenters. The zero-order chi connectivity index (χ0) is 21.4. The van der Waals surface area contributed by atoms with Gasteiger partial charge in [0.1, 0.15) is 0 Å². The Bertz CT molecular complexity index is 776. The number of rotatable bonds is 8. The van der Waals surface area contributed by atoms with E-state index >= 15 is 0 Å². The van der Waals surface area contributed by atoms with Crippen LogP contribution in [-0.2, 0) is 14.4 Å². The molecule has 1 aromatic rings. The lowest BCUT2D eigenvalue weighted by Gasteiger charge is -2.34. The molecule has 1 aromatic carbocycles. The smallest absolute Gasteiger partial charge is 0.311 e. The van der Waals surface area contributed by atoms with Crippen LogP contribution in [0.5, 0.6) is 5.75 Å².